The van der Waals surface area contributed by atoms with E-state index in [2.05, 4.69) is 10.3 Å². The molecule has 0 radical (unpaired) electrons. The summed E-state index contributed by atoms with van der Waals surface area (Å²) in [4.78, 5) is 14.2. The molecule has 0 bridgehead atoms. The first-order valence-electron chi connectivity index (χ1n) is 6.36. The summed E-state index contributed by atoms with van der Waals surface area (Å²) >= 11 is 0. The molecule has 122 valence electrons. The summed E-state index contributed by atoms with van der Waals surface area (Å²) < 4.78 is 41.9. The van der Waals surface area contributed by atoms with E-state index in [1.54, 1.807) is 24.3 Å². The van der Waals surface area contributed by atoms with Gasteiger partial charge in [0.15, 0.2) is 5.69 Å². The van der Waals surface area contributed by atoms with E-state index in [1.165, 1.54) is 11.6 Å². The number of anilines is 1. The lowest BCUT2D eigenvalue weighted by Gasteiger charge is -2.03. The number of hydrogen-bond acceptors (Lipinski definition) is 5. The average Bonchev–Trinajstić information content (AvgIpc) is 3.00. The van der Waals surface area contributed by atoms with E-state index in [4.69, 9.17) is 9.62 Å². The normalized spacial score (nSPS) is 11.7. The van der Waals surface area contributed by atoms with Crippen molar-refractivity contribution in [3.05, 3.63) is 53.4 Å². The predicted octanol–water partition coefficient (Wildman–Crippen LogP) is 2.82. The van der Waals surface area contributed by atoms with Gasteiger partial charge in [-0.3, -0.25) is 10.0 Å². The van der Waals surface area contributed by atoms with Crippen molar-refractivity contribution in [3.8, 4) is 0 Å². The fourth-order valence-electron chi connectivity index (χ4n) is 1.68. The van der Waals surface area contributed by atoms with Gasteiger partial charge in [0.1, 0.15) is 6.26 Å². The molecule has 23 heavy (non-hydrogen) atoms. The monoisotopic (exact) mass is 327 g/mol. The number of alkyl halides is 3. The molecule has 0 aliphatic heterocycles. The topological polar surface area (TPSA) is 87.4 Å². The van der Waals surface area contributed by atoms with E-state index >= 15 is 0 Å². The molecule has 6 nitrogen and oxygen atoms in total. The van der Waals surface area contributed by atoms with Gasteiger partial charge in [0, 0.05) is 12.6 Å². The number of rotatable bonds is 5. The van der Waals surface area contributed by atoms with E-state index < -0.39 is 17.8 Å². The van der Waals surface area contributed by atoms with Gasteiger partial charge in [-0.15, -0.1) is 0 Å². The third-order valence-corrected chi connectivity index (χ3v) is 2.73. The fourth-order valence-corrected chi connectivity index (χ4v) is 1.68. The summed E-state index contributed by atoms with van der Waals surface area (Å²) in [6.45, 7) is 0.186. The number of nitrogens with one attached hydrogen (secondary N) is 2. The van der Waals surface area contributed by atoms with Crippen LogP contribution in [0.5, 0.6) is 0 Å². The van der Waals surface area contributed by atoms with Crippen molar-refractivity contribution in [2.75, 3.05) is 5.32 Å². The molecule has 3 N–H and O–H groups in total. The minimum Gasteiger partial charge on any atom is -0.432 e. The van der Waals surface area contributed by atoms with E-state index in [-0.39, 0.29) is 12.6 Å². The van der Waals surface area contributed by atoms with E-state index in [0.717, 1.165) is 11.6 Å². The standard InChI is InChI=1S/C14H12F3N3O3/c15-14(16,17)11-8-23-13(19-11)18-7-10-3-1-2-9(6-10)4-5-12(21)20-22/h1-6,8,22H,7H2,(H,18,19)(H,20,21)/b5-4+. The number of benzene rings is 1. The zero-order valence-corrected chi connectivity index (χ0v) is 11.6. The van der Waals surface area contributed by atoms with Crippen LogP contribution in [0.1, 0.15) is 16.8 Å². The lowest BCUT2D eigenvalue weighted by Crippen LogP contribution is -2.14. The number of carbonyl (C=O) groups is 1. The highest BCUT2D eigenvalue weighted by Crippen LogP contribution is 2.29. The second-order valence-corrected chi connectivity index (χ2v) is 4.44. The van der Waals surface area contributed by atoms with Crippen LogP contribution in [0.15, 0.2) is 41.0 Å². The molecule has 0 atom stereocenters. The Balaban J connectivity index is 1.99. The Bertz CT molecular complexity index is 711. The summed E-state index contributed by atoms with van der Waals surface area (Å²) in [6, 6.07) is 6.64. The van der Waals surface area contributed by atoms with E-state index in [0.29, 0.717) is 11.8 Å². The molecule has 1 aromatic carbocycles. The van der Waals surface area contributed by atoms with Crippen LogP contribution in [0.2, 0.25) is 0 Å². The highest BCUT2D eigenvalue weighted by Gasteiger charge is 2.34. The van der Waals surface area contributed by atoms with Gasteiger partial charge in [0.25, 0.3) is 11.9 Å². The molecule has 1 amide bonds. The molecule has 0 saturated carbocycles. The highest BCUT2D eigenvalue weighted by molar-refractivity contribution is 5.90. The number of carbonyl (C=O) groups excluding carboxylic acids is 1. The molecule has 1 aromatic heterocycles. The third-order valence-electron chi connectivity index (χ3n) is 2.73. The van der Waals surface area contributed by atoms with Gasteiger partial charge in [0.05, 0.1) is 0 Å². The molecular formula is C14H12F3N3O3. The second-order valence-electron chi connectivity index (χ2n) is 4.44. The first-order valence-corrected chi connectivity index (χ1v) is 6.36. The van der Waals surface area contributed by atoms with E-state index in [1.807, 2.05) is 0 Å². The minimum absolute atomic E-state index is 0.186. The predicted molar refractivity (Wildman–Crippen MR) is 74.2 cm³/mol. The van der Waals surface area contributed by atoms with Crippen LogP contribution in [-0.2, 0) is 17.5 Å². The maximum atomic E-state index is 12.4. The number of hydrogen-bond donors (Lipinski definition) is 3. The zero-order valence-electron chi connectivity index (χ0n) is 11.6. The number of halogens is 3. The number of aromatic nitrogens is 1. The molecule has 0 aliphatic rings. The first kappa shape index (κ1) is 16.6. The smallest absolute Gasteiger partial charge is 0.432 e. The summed E-state index contributed by atoms with van der Waals surface area (Å²) in [5.41, 5.74) is 1.77. The zero-order chi connectivity index (χ0) is 16.9. The van der Waals surface area contributed by atoms with Crippen molar-refractivity contribution >= 4 is 18.0 Å². The summed E-state index contributed by atoms with van der Waals surface area (Å²) in [6.07, 6.45) is -1.41. The van der Waals surface area contributed by atoms with Gasteiger partial charge >= 0.3 is 6.18 Å². The van der Waals surface area contributed by atoms with Crippen LogP contribution in [0.3, 0.4) is 0 Å². The Labute approximate surface area is 128 Å². The largest absolute Gasteiger partial charge is 0.436 e. The SMILES string of the molecule is O=C(/C=C/c1cccc(CNc2nc(C(F)(F)F)co2)c1)NO. The van der Waals surface area contributed by atoms with Gasteiger partial charge in [0.2, 0.25) is 0 Å². The van der Waals surface area contributed by atoms with Crippen molar-refractivity contribution < 1.29 is 27.6 Å². The molecule has 0 spiro atoms. The molecule has 2 rings (SSSR count). The minimum atomic E-state index is -4.55. The van der Waals surface area contributed by atoms with Gasteiger partial charge in [-0.2, -0.15) is 18.2 Å². The van der Waals surface area contributed by atoms with Crippen LogP contribution >= 0.6 is 0 Å². The fraction of sp³-hybridized carbons (Fsp3) is 0.143. The van der Waals surface area contributed by atoms with Gasteiger partial charge < -0.3 is 9.73 Å². The lowest BCUT2D eigenvalue weighted by molar-refractivity contribution is -0.141. The Morgan fingerprint density at radius 2 is 2.17 bits per heavy atom. The van der Waals surface area contributed by atoms with Crippen molar-refractivity contribution in [3.63, 3.8) is 0 Å². The summed E-state index contributed by atoms with van der Waals surface area (Å²) in [5, 5.41) is 11.0. The highest BCUT2D eigenvalue weighted by atomic mass is 19.4. The molecular weight excluding hydrogens is 315 g/mol. The average molecular weight is 327 g/mol. The maximum absolute atomic E-state index is 12.4. The van der Waals surface area contributed by atoms with Crippen LogP contribution < -0.4 is 10.8 Å². The van der Waals surface area contributed by atoms with Crippen LogP contribution in [0.25, 0.3) is 6.08 Å². The van der Waals surface area contributed by atoms with Crippen molar-refractivity contribution in [1.29, 1.82) is 0 Å². The number of oxazole rings is 1. The van der Waals surface area contributed by atoms with Crippen molar-refractivity contribution in [2.24, 2.45) is 0 Å². The van der Waals surface area contributed by atoms with Crippen LogP contribution in [0.4, 0.5) is 19.2 Å². The molecule has 2 aromatic rings. The molecule has 1 heterocycles. The molecule has 0 saturated heterocycles. The third kappa shape index (κ3) is 4.85. The quantitative estimate of drug-likeness (QED) is 0.446. The summed E-state index contributed by atoms with van der Waals surface area (Å²) in [7, 11) is 0. The number of amides is 1. The van der Waals surface area contributed by atoms with Crippen LogP contribution in [0, 0.1) is 0 Å². The van der Waals surface area contributed by atoms with Gasteiger partial charge in [-0.25, -0.2) is 5.48 Å². The summed E-state index contributed by atoms with van der Waals surface area (Å²) in [5.74, 6) is -0.673. The molecule has 0 unspecified atom stereocenters. The Morgan fingerprint density at radius 1 is 1.39 bits per heavy atom. The van der Waals surface area contributed by atoms with Crippen molar-refractivity contribution in [1.82, 2.24) is 10.5 Å². The number of nitrogens with zero attached hydrogens (tertiary/aromatic N) is 1. The first-order chi connectivity index (χ1) is 10.9. The second kappa shape index (κ2) is 6.97. The molecule has 0 fully saturated rings. The Morgan fingerprint density at radius 3 is 2.83 bits per heavy atom. The van der Waals surface area contributed by atoms with E-state index in [9.17, 15) is 18.0 Å². The Kier molecular flexibility index (Phi) is 5.02. The van der Waals surface area contributed by atoms with Gasteiger partial charge in [-0.05, 0) is 23.3 Å². The van der Waals surface area contributed by atoms with Crippen LogP contribution in [-0.4, -0.2) is 16.1 Å². The molecule has 0 aliphatic carbocycles. The molecule has 9 heteroatoms. The van der Waals surface area contributed by atoms with Crippen molar-refractivity contribution in [2.45, 2.75) is 12.7 Å². The maximum Gasteiger partial charge on any atom is 0.436 e. The van der Waals surface area contributed by atoms with Gasteiger partial charge in [-0.1, -0.05) is 18.2 Å². The lowest BCUT2D eigenvalue weighted by atomic mass is 10.1. The number of hydroxylamine groups is 1. The Hall–Kier alpha value is -2.81.